The molecule has 1 N–H and O–H groups in total. The maximum absolute atomic E-state index is 11.9. The van der Waals surface area contributed by atoms with Gasteiger partial charge in [0.25, 0.3) is 5.24 Å². The number of nitrogens with one attached hydrogen (secondary N) is 1. The number of imidazole rings is 1. The highest BCUT2D eigenvalue weighted by atomic mass is 35.5. The molecule has 120 valence electrons. The molecule has 0 aromatic carbocycles. The van der Waals surface area contributed by atoms with Gasteiger partial charge in [-0.2, -0.15) is 0 Å². The van der Waals surface area contributed by atoms with Crippen molar-refractivity contribution in [2.24, 2.45) is 0 Å². The standard InChI is InChI=1S/C14H13ClN4O3S/c15-9-1-2-11-17-10(7-18(11)6-9)5-12(20)16-3-4-19-13(21)8-23-14(19)22/h1-2,6-7H,3-5,8H2,(H,16,20). The maximum atomic E-state index is 11.9. The molecule has 1 aliphatic heterocycles. The molecule has 1 fully saturated rings. The molecule has 2 aromatic heterocycles. The van der Waals surface area contributed by atoms with Crippen LogP contribution in [0.2, 0.25) is 5.02 Å². The smallest absolute Gasteiger partial charge is 0.288 e. The molecule has 7 nitrogen and oxygen atoms in total. The van der Waals surface area contributed by atoms with Crippen LogP contribution in [0.1, 0.15) is 5.69 Å². The van der Waals surface area contributed by atoms with Gasteiger partial charge in [-0.05, 0) is 12.1 Å². The Labute approximate surface area is 141 Å². The van der Waals surface area contributed by atoms with Crippen molar-refractivity contribution >= 4 is 46.1 Å². The Balaban J connectivity index is 1.52. The number of rotatable bonds is 5. The van der Waals surface area contributed by atoms with Gasteiger partial charge in [0.05, 0.1) is 22.9 Å². The highest BCUT2D eigenvalue weighted by Crippen LogP contribution is 2.17. The molecule has 3 rings (SSSR count). The Bertz CT molecular complexity index is 775. The van der Waals surface area contributed by atoms with E-state index in [0.29, 0.717) is 16.4 Å². The predicted octanol–water partition coefficient (Wildman–Crippen LogP) is 1.34. The topological polar surface area (TPSA) is 83.8 Å². The van der Waals surface area contributed by atoms with Gasteiger partial charge in [0, 0.05) is 25.5 Å². The van der Waals surface area contributed by atoms with Crippen molar-refractivity contribution in [3.63, 3.8) is 0 Å². The summed E-state index contributed by atoms with van der Waals surface area (Å²) in [6, 6.07) is 3.50. The van der Waals surface area contributed by atoms with Crippen LogP contribution in [0.5, 0.6) is 0 Å². The largest absolute Gasteiger partial charge is 0.354 e. The summed E-state index contributed by atoms with van der Waals surface area (Å²) >= 11 is 6.88. The Morgan fingerprint density at radius 1 is 1.35 bits per heavy atom. The van der Waals surface area contributed by atoms with Crippen LogP contribution in [0.25, 0.3) is 5.65 Å². The van der Waals surface area contributed by atoms with Crippen LogP contribution < -0.4 is 5.32 Å². The summed E-state index contributed by atoms with van der Waals surface area (Å²) in [6.07, 6.45) is 3.58. The molecule has 0 aliphatic carbocycles. The van der Waals surface area contributed by atoms with E-state index in [1.807, 2.05) is 0 Å². The van der Waals surface area contributed by atoms with Crippen LogP contribution >= 0.6 is 23.4 Å². The summed E-state index contributed by atoms with van der Waals surface area (Å²) in [6.45, 7) is 0.424. The number of amides is 3. The Morgan fingerprint density at radius 3 is 2.91 bits per heavy atom. The van der Waals surface area contributed by atoms with Crippen LogP contribution in [0.3, 0.4) is 0 Å². The number of carbonyl (C=O) groups is 3. The molecular formula is C14H13ClN4O3S. The zero-order valence-corrected chi connectivity index (χ0v) is 13.6. The van der Waals surface area contributed by atoms with Gasteiger partial charge in [-0.25, -0.2) is 4.98 Å². The van der Waals surface area contributed by atoms with Crippen molar-refractivity contribution in [1.82, 2.24) is 19.6 Å². The fourth-order valence-corrected chi connectivity index (χ4v) is 3.15. The zero-order valence-electron chi connectivity index (χ0n) is 12.0. The molecule has 0 saturated carbocycles. The first kappa shape index (κ1) is 15.8. The van der Waals surface area contributed by atoms with Gasteiger partial charge in [-0.3, -0.25) is 19.3 Å². The number of aromatic nitrogens is 2. The van der Waals surface area contributed by atoms with Crippen molar-refractivity contribution in [3.8, 4) is 0 Å². The number of fused-ring (bicyclic) bond motifs is 1. The van der Waals surface area contributed by atoms with Crippen molar-refractivity contribution in [1.29, 1.82) is 0 Å². The van der Waals surface area contributed by atoms with Gasteiger partial charge in [0.2, 0.25) is 11.8 Å². The van der Waals surface area contributed by atoms with Gasteiger partial charge < -0.3 is 9.72 Å². The fraction of sp³-hybridized carbons (Fsp3) is 0.286. The van der Waals surface area contributed by atoms with Gasteiger partial charge in [0.15, 0.2) is 0 Å². The van der Waals surface area contributed by atoms with E-state index < -0.39 is 0 Å². The summed E-state index contributed by atoms with van der Waals surface area (Å²) in [7, 11) is 0. The number of pyridine rings is 1. The molecule has 3 heterocycles. The minimum Gasteiger partial charge on any atom is -0.354 e. The van der Waals surface area contributed by atoms with Crippen LogP contribution in [-0.2, 0) is 16.0 Å². The Hall–Kier alpha value is -2.06. The first-order chi connectivity index (χ1) is 11.0. The average molecular weight is 353 g/mol. The SMILES string of the molecule is O=C(Cc1cn2cc(Cl)ccc2n1)NCCN1C(=O)CSC1=O. The highest BCUT2D eigenvalue weighted by Gasteiger charge is 2.29. The van der Waals surface area contributed by atoms with E-state index in [2.05, 4.69) is 10.3 Å². The third-order valence-corrected chi connectivity index (χ3v) is 4.39. The first-order valence-electron chi connectivity index (χ1n) is 6.90. The second-order valence-electron chi connectivity index (χ2n) is 4.97. The van der Waals surface area contributed by atoms with Crippen molar-refractivity contribution < 1.29 is 14.4 Å². The second kappa shape index (κ2) is 6.59. The Kier molecular flexibility index (Phi) is 4.53. The van der Waals surface area contributed by atoms with Crippen molar-refractivity contribution in [2.45, 2.75) is 6.42 Å². The molecule has 0 unspecified atom stereocenters. The van der Waals surface area contributed by atoms with Crippen molar-refractivity contribution in [2.75, 3.05) is 18.8 Å². The summed E-state index contributed by atoms with van der Waals surface area (Å²) in [5.41, 5.74) is 1.33. The second-order valence-corrected chi connectivity index (χ2v) is 6.33. The van der Waals surface area contributed by atoms with Crippen molar-refractivity contribution in [3.05, 3.63) is 35.2 Å². The lowest BCUT2D eigenvalue weighted by molar-refractivity contribution is -0.125. The van der Waals surface area contributed by atoms with E-state index in [0.717, 1.165) is 16.7 Å². The van der Waals surface area contributed by atoms with Crippen LogP contribution in [-0.4, -0.2) is 50.2 Å². The number of imide groups is 1. The Morgan fingerprint density at radius 2 is 2.17 bits per heavy atom. The van der Waals surface area contributed by atoms with Gasteiger partial charge in [-0.15, -0.1) is 0 Å². The van der Waals surface area contributed by atoms with Crippen LogP contribution in [0, 0.1) is 0 Å². The summed E-state index contributed by atoms with van der Waals surface area (Å²) in [5, 5.41) is 3.01. The number of carbonyl (C=O) groups excluding carboxylic acids is 3. The molecule has 0 spiro atoms. The molecule has 0 bridgehead atoms. The molecule has 0 radical (unpaired) electrons. The molecule has 9 heteroatoms. The lowest BCUT2D eigenvalue weighted by atomic mass is 10.3. The third kappa shape index (κ3) is 3.65. The third-order valence-electron chi connectivity index (χ3n) is 3.30. The predicted molar refractivity (Wildman–Crippen MR) is 86.5 cm³/mol. The molecule has 3 amide bonds. The number of hydrogen-bond donors (Lipinski definition) is 1. The minimum atomic E-state index is -0.263. The molecular weight excluding hydrogens is 340 g/mol. The monoisotopic (exact) mass is 352 g/mol. The fourth-order valence-electron chi connectivity index (χ4n) is 2.23. The molecule has 1 saturated heterocycles. The number of thioether (sulfide) groups is 1. The molecule has 1 aliphatic rings. The van der Waals surface area contributed by atoms with Gasteiger partial charge >= 0.3 is 0 Å². The first-order valence-corrected chi connectivity index (χ1v) is 8.26. The summed E-state index contributed by atoms with van der Waals surface area (Å²) in [5.74, 6) is -0.255. The lowest BCUT2D eigenvalue weighted by Crippen LogP contribution is -2.37. The van der Waals surface area contributed by atoms with E-state index in [-0.39, 0.29) is 42.3 Å². The number of nitrogens with zero attached hydrogens (tertiary/aromatic N) is 3. The molecule has 0 atom stereocenters. The van der Waals surface area contributed by atoms with E-state index >= 15 is 0 Å². The summed E-state index contributed by atoms with van der Waals surface area (Å²) < 4.78 is 1.75. The van der Waals surface area contributed by atoms with Crippen LogP contribution in [0.4, 0.5) is 4.79 Å². The zero-order chi connectivity index (χ0) is 16.4. The van der Waals surface area contributed by atoms with E-state index in [4.69, 9.17) is 11.6 Å². The molecule has 23 heavy (non-hydrogen) atoms. The lowest BCUT2D eigenvalue weighted by Gasteiger charge is -2.12. The van der Waals surface area contributed by atoms with Crippen LogP contribution in [0.15, 0.2) is 24.5 Å². The number of hydrogen-bond acceptors (Lipinski definition) is 5. The summed E-state index contributed by atoms with van der Waals surface area (Å²) in [4.78, 5) is 40.2. The van der Waals surface area contributed by atoms with E-state index in [9.17, 15) is 14.4 Å². The maximum Gasteiger partial charge on any atom is 0.288 e. The normalized spacial score (nSPS) is 14.7. The molecule has 2 aromatic rings. The van der Waals surface area contributed by atoms with Gasteiger partial charge in [0.1, 0.15) is 5.65 Å². The minimum absolute atomic E-state index is 0.121. The van der Waals surface area contributed by atoms with Gasteiger partial charge in [-0.1, -0.05) is 23.4 Å². The van der Waals surface area contributed by atoms with E-state index in [1.54, 1.807) is 28.9 Å². The number of halogens is 1. The highest BCUT2D eigenvalue weighted by molar-refractivity contribution is 8.14. The average Bonchev–Trinajstić information content (AvgIpc) is 3.03. The quantitative estimate of drug-likeness (QED) is 0.878. The van der Waals surface area contributed by atoms with E-state index in [1.165, 1.54) is 0 Å².